The monoisotopic (exact) mass is 548 g/mol. The van der Waals surface area contributed by atoms with E-state index in [0.717, 1.165) is 32.8 Å². The van der Waals surface area contributed by atoms with Crippen LogP contribution in [0.3, 0.4) is 0 Å². The molecule has 0 bridgehead atoms. The fourth-order valence-corrected chi connectivity index (χ4v) is 6.75. The maximum atomic E-state index is 12.9. The quantitative estimate of drug-likeness (QED) is 0.275. The number of hydrogen-bond donors (Lipinski definition) is 1. The number of hydrogen-bond acceptors (Lipinski definition) is 5. The summed E-state index contributed by atoms with van der Waals surface area (Å²) in [5.41, 5.74) is 0.00849. The van der Waals surface area contributed by atoms with Gasteiger partial charge in [0.2, 0.25) is 0 Å². The van der Waals surface area contributed by atoms with Crippen LogP contribution < -0.4 is 4.72 Å². The van der Waals surface area contributed by atoms with E-state index in [1.165, 1.54) is 42.2 Å². The van der Waals surface area contributed by atoms with Crippen LogP contribution >= 0.6 is 46.3 Å². The minimum Gasteiger partial charge on any atom is -0.280 e. The number of nitrogens with zero attached hydrogens (tertiary/aromatic N) is 1. The summed E-state index contributed by atoms with van der Waals surface area (Å²) in [5, 5.41) is 0.879. The highest BCUT2D eigenvalue weighted by atomic mass is 35.5. The van der Waals surface area contributed by atoms with Crippen LogP contribution in [-0.4, -0.2) is 13.4 Å². The summed E-state index contributed by atoms with van der Waals surface area (Å²) in [4.78, 5) is 4.92. The van der Waals surface area contributed by atoms with Gasteiger partial charge in [0.05, 0.1) is 31.4 Å². The molecule has 0 unspecified atom stereocenters. The average Bonchev–Trinajstić information content (AvgIpc) is 3.10. The molecular weight excluding hydrogens is 536 g/mol. The Labute approximate surface area is 205 Å². The lowest BCUT2D eigenvalue weighted by atomic mass is 10.1. The Morgan fingerprint density at radius 1 is 1.03 bits per heavy atom. The van der Waals surface area contributed by atoms with Gasteiger partial charge in [0, 0.05) is 9.92 Å². The van der Waals surface area contributed by atoms with Crippen LogP contribution in [0.1, 0.15) is 11.1 Å². The second kappa shape index (κ2) is 8.99. The van der Waals surface area contributed by atoms with Crippen molar-refractivity contribution in [2.75, 3.05) is 4.72 Å². The fourth-order valence-electron chi connectivity index (χ4n) is 3.00. The van der Waals surface area contributed by atoms with Crippen LogP contribution in [0.25, 0.3) is 10.2 Å². The van der Waals surface area contributed by atoms with Gasteiger partial charge in [-0.25, -0.2) is 13.4 Å². The molecule has 0 aliphatic heterocycles. The first kappa shape index (κ1) is 24.2. The highest BCUT2D eigenvalue weighted by Crippen LogP contribution is 2.39. The third kappa shape index (κ3) is 5.41. The Morgan fingerprint density at radius 3 is 2.45 bits per heavy atom. The number of aryl methyl sites for hydroxylation is 1. The molecule has 0 aliphatic carbocycles. The maximum Gasteiger partial charge on any atom is 0.416 e. The number of benzene rings is 3. The number of sulfonamides is 1. The maximum absolute atomic E-state index is 12.9. The first-order chi connectivity index (χ1) is 15.4. The Morgan fingerprint density at radius 2 is 1.79 bits per heavy atom. The van der Waals surface area contributed by atoms with Crippen LogP contribution in [0.15, 0.2) is 68.7 Å². The number of fused-ring (bicyclic) bond motifs is 1. The molecular formula is C21H13Cl2F3N2O2S3. The number of alkyl halides is 3. The van der Waals surface area contributed by atoms with Gasteiger partial charge in [-0.2, -0.15) is 13.2 Å². The smallest absolute Gasteiger partial charge is 0.280 e. The van der Waals surface area contributed by atoms with Crippen molar-refractivity contribution >= 4 is 72.2 Å². The van der Waals surface area contributed by atoms with Gasteiger partial charge in [0.15, 0.2) is 4.34 Å². The fraction of sp³-hybridized carbons (Fsp3) is 0.0952. The molecule has 1 aromatic heterocycles. The SMILES string of the molecule is Cc1cc(C(F)(F)F)ccc1S(=O)(=O)Nc1ccc(Sc2nc3cc(Cl)ccc3s2)c(Cl)c1. The second-order valence-corrected chi connectivity index (χ2v) is 11.7. The van der Waals surface area contributed by atoms with Crippen molar-refractivity contribution in [1.82, 2.24) is 4.98 Å². The molecule has 1 N–H and O–H groups in total. The molecule has 0 atom stereocenters. The molecule has 0 fully saturated rings. The predicted molar refractivity (Wildman–Crippen MR) is 127 cm³/mol. The highest BCUT2D eigenvalue weighted by molar-refractivity contribution is 8.01. The van der Waals surface area contributed by atoms with Crippen molar-refractivity contribution in [3.8, 4) is 0 Å². The second-order valence-electron chi connectivity index (χ2n) is 6.92. The first-order valence-electron chi connectivity index (χ1n) is 9.16. The van der Waals surface area contributed by atoms with Crippen LogP contribution in [0.5, 0.6) is 0 Å². The zero-order valence-electron chi connectivity index (χ0n) is 16.6. The van der Waals surface area contributed by atoms with E-state index < -0.39 is 21.8 Å². The third-order valence-electron chi connectivity index (χ3n) is 4.50. The van der Waals surface area contributed by atoms with Gasteiger partial charge in [-0.05, 0) is 67.1 Å². The van der Waals surface area contributed by atoms with Crippen molar-refractivity contribution in [2.24, 2.45) is 0 Å². The van der Waals surface area contributed by atoms with Crippen LogP contribution in [0.4, 0.5) is 18.9 Å². The van der Waals surface area contributed by atoms with E-state index >= 15 is 0 Å². The molecule has 0 saturated carbocycles. The molecule has 172 valence electrons. The van der Waals surface area contributed by atoms with Gasteiger partial charge in [-0.15, -0.1) is 11.3 Å². The number of halogens is 5. The standard InChI is InChI=1S/C21H13Cl2F3N2O2S3/c1-11-8-12(21(24,25)26)2-7-19(11)33(29,30)28-14-4-6-17(15(23)10-14)31-20-27-16-9-13(22)3-5-18(16)32-20/h2-10,28H,1H3. The topological polar surface area (TPSA) is 59.1 Å². The van der Waals surface area contributed by atoms with Gasteiger partial charge in [0.1, 0.15) is 0 Å². The number of nitrogens with one attached hydrogen (secondary N) is 1. The summed E-state index contributed by atoms with van der Waals surface area (Å²) >= 11 is 15.1. The minimum atomic E-state index is -4.56. The molecule has 1 heterocycles. The lowest BCUT2D eigenvalue weighted by Gasteiger charge is -2.13. The van der Waals surface area contributed by atoms with E-state index in [1.807, 2.05) is 6.07 Å². The Bertz CT molecular complexity index is 1470. The molecule has 33 heavy (non-hydrogen) atoms. The highest BCUT2D eigenvalue weighted by Gasteiger charge is 2.31. The van der Waals surface area contributed by atoms with Gasteiger partial charge >= 0.3 is 6.18 Å². The molecule has 0 aliphatic rings. The Hall–Kier alpha value is -1.98. The molecule has 4 nitrogen and oxygen atoms in total. The van der Waals surface area contributed by atoms with Crippen LogP contribution in [0, 0.1) is 6.92 Å². The third-order valence-corrected chi connectivity index (χ3v) is 8.88. The molecule has 4 rings (SSSR count). The summed E-state index contributed by atoms with van der Waals surface area (Å²) in [5.74, 6) is 0. The zero-order chi connectivity index (χ0) is 24.0. The average molecular weight is 549 g/mol. The minimum absolute atomic E-state index is 0.0217. The van der Waals surface area contributed by atoms with Crippen molar-refractivity contribution in [1.29, 1.82) is 0 Å². The van der Waals surface area contributed by atoms with Gasteiger partial charge in [-0.3, -0.25) is 4.72 Å². The molecule has 12 heteroatoms. The lowest BCUT2D eigenvalue weighted by molar-refractivity contribution is -0.137. The molecule has 0 spiro atoms. The molecule has 3 aromatic carbocycles. The van der Waals surface area contributed by atoms with E-state index in [2.05, 4.69) is 9.71 Å². The first-order valence-corrected chi connectivity index (χ1v) is 13.0. The van der Waals surface area contributed by atoms with E-state index in [4.69, 9.17) is 23.2 Å². The van der Waals surface area contributed by atoms with Crippen molar-refractivity contribution in [2.45, 2.75) is 27.2 Å². The summed E-state index contributed by atoms with van der Waals surface area (Å²) in [7, 11) is -4.12. The summed E-state index contributed by atoms with van der Waals surface area (Å²) in [6, 6.07) is 12.5. The molecule has 0 saturated heterocycles. The van der Waals surface area contributed by atoms with Gasteiger partial charge in [-0.1, -0.05) is 35.0 Å². The van der Waals surface area contributed by atoms with Crippen molar-refractivity contribution in [3.05, 3.63) is 75.8 Å². The van der Waals surface area contributed by atoms with Crippen LogP contribution in [0.2, 0.25) is 10.0 Å². The number of rotatable bonds is 5. The van der Waals surface area contributed by atoms with E-state index in [-0.39, 0.29) is 16.1 Å². The summed E-state index contributed by atoms with van der Waals surface area (Å²) in [6.45, 7) is 1.31. The molecule has 0 radical (unpaired) electrons. The number of thiazole rings is 1. The zero-order valence-corrected chi connectivity index (χ0v) is 20.5. The largest absolute Gasteiger partial charge is 0.416 e. The summed E-state index contributed by atoms with van der Waals surface area (Å²) in [6.07, 6.45) is -4.56. The molecule has 4 aromatic rings. The van der Waals surface area contributed by atoms with Crippen molar-refractivity contribution < 1.29 is 21.6 Å². The summed E-state index contributed by atoms with van der Waals surface area (Å²) < 4.78 is 68.1. The normalized spacial score (nSPS) is 12.3. The lowest BCUT2D eigenvalue weighted by Crippen LogP contribution is -2.15. The van der Waals surface area contributed by atoms with Gasteiger partial charge < -0.3 is 0 Å². The number of aromatic nitrogens is 1. The van der Waals surface area contributed by atoms with E-state index in [1.54, 1.807) is 18.2 Å². The van der Waals surface area contributed by atoms with Crippen LogP contribution in [-0.2, 0) is 16.2 Å². The Balaban J connectivity index is 1.55. The number of anilines is 1. The predicted octanol–water partition coefficient (Wildman–Crippen LogP) is 7.88. The van der Waals surface area contributed by atoms with E-state index in [0.29, 0.717) is 14.9 Å². The van der Waals surface area contributed by atoms with Gasteiger partial charge in [0.25, 0.3) is 10.0 Å². The van der Waals surface area contributed by atoms with Crippen molar-refractivity contribution in [3.63, 3.8) is 0 Å². The van der Waals surface area contributed by atoms with E-state index in [9.17, 15) is 21.6 Å². The molecule has 0 amide bonds. The Kier molecular flexibility index (Phi) is 6.58.